The lowest BCUT2D eigenvalue weighted by Crippen LogP contribution is -2.39. The van der Waals surface area contributed by atoms with Crippen LogP contribution in [0.25, 0.3) is 11.3 Å². The number of likely N-dealkylation sites (tertiary alicyclic amines) is 1. The smallest absolute Gasteiger partial charge is 0.238 e. The average molecular weight is 549 g/mol. The topological polar surface area (TPSA) is 136 Å². The van der Waals surface area contributed by atoms with Crippen molar-refractivity contribution >= 4 is 21.7 Å². The number of nitrogens with zero attached hydrogens (tertiary/aromatic N) is 6. The van der Waals surface area contributed by atoms with Crippen molar-refractivity contribution in [3.8, 4) is 23.1 Å². The maximum absolute atomic E-state index is 11.9. The van der Waals surface area contributed by atoms with Gasteiger partial charge in [-0.25, -0.2) is 28.5 Å². The van der Waals surface area contributed by atoms with Gasteiger partial charge in [-0.3, -0.25) is 0 Å². The highest BCUT2D eigenvalue weighted by Crippen LogP contribution is 2.33. The largest absolute Gasteiger partial charge is 0.382 e. The zero-order chi connectivity index (χ0) is 27.4. The number of anilines is 2. The molecule has 0 bridgehead atoms. The minimum atomic E-state index is -3.80. The van der Waals surface area contributed by atoms with E-state index in [9.17, 15) is 8.42 Å². The summed E-state index contributed by atoms with van der Waals surface area (Å²) in [5, 5.41) is 5.38. The molecule has 11 heteroatoms. The van der Waals surface area contributed by atoms with Gasteiger partial charge in [0.05, 0.1) is 10.6 Å². The van der Waals surface area contributed by atoms with Gasteiger partial charge in [0.15, 0.2) is 0 Å². The Labute approximate surface area is 230 Å². The Bertz CT molecular complexity index is 1480. The summed E-state index contributed by atoms with van der Waals surface area (Å²) in [4.78, 5) is 18.5. The van der Waals surface area contributed by atoms with E-state index in [0.29, 0.717) is 11.4 Å². The van der Waals surface area contributed by atoms with Crippen LogP contribution in [-0.2, 0) is 16.6 Å². The first kappa shape index (κ1) is 27.1. The lowest BCUT2D eigenvalue weighted by atomic mass is 9.95. The van der Waals surface area contributed by atoms with Crippen molar-refractivity contribution in [1.82, 2.24) is 24.4 Å². The second-order valence-electron chi connectivity index (χ2n) is 10.2. The number of unbranched alkanes of at least 4 members (excludes halogenated alkanes) is 1. The lowest BCUT2D eigenvalue weighted by Gasteiger charge is -2.34. The average Bonchev–Trinajstić information content (AvgIpc) is 3.33. The van der Waals surface area contributed by atoms with Crippen molar-refractivity contribution in [2.75, 3.05) is 43.4 Å². The van der Waals surface area contributed by atoms with Crippen LogP contribution in [0.3, 0.4) is 0 Å². The normalized spacial score (nSPS) is 16.5. The second kappa shape index (κ2) is 11.7. The molecule has 39 heavy (non-hydrogen) atoms. The third-order valence-electron chi connectivity index (χ3n) is 7.48. The molecule has 5 rings (SSSR count). The monoisotopic (exact) mass is 548 g/mol. The van der Waals surface area contributed by atoms with Crippen molar-refractivity contribution in [2.45, 2.75) is 56.4 Å². The number of primary sulfonamides is 1. The number of hydrogen-bond acceptors (Lipinski definition) is 8. The quantitative estimate of drug-likeness (QED) is 0.410. The second-order valence-corrected chi connectivity index (χ2v) is 11.8. The van der Waals surface area contributed by atoms with E-state index in [1.54, 1.807) is 12.1 Å². The molecule has 4 N–H and O–H groups in total. The zero-order valence-electron chi connectivity index (χ0n) is 22.4. The minimum absolute atomic E-state index is 0.0898. The molecule has 0 unspecified atom stereocenters. The van der Waals surface area contributed by atoms with Crippen LogP contribution in [0.1, 0.15) is 56.3 Å². The third kappa shape index (κ3) is 6.24. The van der Waals surface area contributed by atoms with Crippen LogP contribution in [0, 0.1) is 11.8 Å². The fourth-order valence-corrected chi connectivity index (χ4v) is 5.70. The van der Waals surface area contributed by atoms with Crippen molar-refractivity contribution in [2.24, 2.45) is 5.14 Å². The zero-order valence-corrected chi connectivity index (χ0v) is 23.2. The Balaban J connectivity index is 1.38. The standard InChI is InChI=1S/C28H36N8O2S/c1-2-3-4-9-24-26(29)31-20-32-28(24)35-14-10-21(11-15-35)27-33-25(19-36(27)17-16-34-12-6-13-34)22-7-5-8-23(18-22)39(30,37)38/h5,7-8,18-21H,2-3,6,10-17H2,1H3,(H2,29,31,32)(H2,30,37,38). The molecular weight excluding hydrogens is 512 g/mol. The summed E-state index contributed by atoms with van der Waals surface area (Å²) in [6, 6.07) is 6.70. The Hall–Kier alpha value is -3.46. The van der Waals surface area contributed by atoms with E-state index in [1.165, 1.54) is 18.8 Å². The fraction of sp³-hybridized carbons (Fsp3) is 0.464. The molecule has 2 aliphatic rings. The molecular formula is C28H36N8O2S. The van der Waals surface area contributed by atoms with Gasteiger partial charge in [0.25, 0.3) is 0 Å². The van der Waals surface area contributed by atoms with E-state index >= 15 is 0 Å². The molecule has 2 aromatic heterocycles. The number of imidazole rings is 1. The molecule has 0 amide bonds. The van der Waals surface area contributed by atoms with Gasteiger partial charge in [0.1, 0.15) is 29.4 Å². The van der Waals surface area contributed by atoms with Gasteiger partial charge >= 0.3 is 0 Å². The molecule has 10 nitrogen and oxygen atoms in total. The molecule has 0 saturated carbocycles. The number of rotatable bonds is 8. The number of hydrogen-bond donors (Lipinski definition) is 2. The minimum Gasteiger partial charge on any atom is -0.382 e. The first-order valence-corrected chi connectivity index (χ1v) is 15.1. The molecule has 0 radical (unpaired) electrons. The van der Waals surface area contributed by atoms with E-state index in [4.69, 9.17) is 15.9 Å². The predicted molar refractivity (Wildman–Crippen MR) is 153 cm³/mol. The molecule has 3 aromatic rings. The summed E-state index contributed by atoms with van der Waals surface area (Å²) in [7, 11) is -3.80. The van der Waals surface area contributed by atoms with Crippen LogP contribution in [0.2, 0.25) is 0 Å². The number of aromatic nitrogens is 4. The predicted octanol–water partition coefficient (Wildman–Crippen LogP) is 2.81. The molecule has 2 fully saturated rings. The maximum atomic E-state index is 11.9. The van der Waals surface area contributed by atoms with Gasteiger partial charge in [-0.15, -0.1) is 0 Å². The number of nitrogen functional groups attached to an aromatic ring is 1. The molecule has 0 atom stereocenters. The maximum Gasteiger partial charge on any atom is 0.238 e. The molecule has 2 aliphatic heterocycles. The summed E-state index contributed by atoms with van der Waals surface area (Å²) < 4.78 is 26.1. The molecule has 2 saturated heterocycles. The third-order valence-corrected chi connectivity index (χ3v) is 8.39. The molecule has 0 spiro atoms. The van der Waals surface area contributed by atoms with Crippen LogP contribution in [-0.4, -0.2) is 65.6 Å². The van der Waals surface area contributed by atoms with Gasteiger partial charge in [0.2, 0.25) is 10.0 Å². The summed E-state index contributed by atoms with van der Waals surface area (Å²) >= 11 is 0. The van der Waals surface area contributed by atoms with Gasteiger partial charge in [-0.2, -0.15) is 0 Å². The number of sulfonamides is 1. The highest BCUT2D eigenvalue weighted by molar-refractivity contribution is 7.89. The van der Waals surface area contributed by atoms with Crippen LogP contribution < -0.4 is 15.8 Å². The van der Waals surface area contributed by atoms with Gasteiger partial charge in [0, 0.05) is 50.3 Å². The Morgan fingerprint density at radius 3 is 2.59 bits per heavy atom. The summed E-state index contributed by atoms with van der Waals surface area (Å²) in [6.45, 7) is 7.79. The van der Waals surface area contributed by atoms with Crippen LogP contribution >= 0.6 is 0 Å². The van der Waals surface area contributed by atoms with Crippen LogP contribution in [0.5, 0.6) is 0 Å². The van der Waals surface area contributed by atoms with E-state index in [2.05, 4.69) is 49.3 Å². The van der Waals surface area contributed by atoms with Crippen LogP contribution in [0.4, 0.5) is 11.6 Å². The number of nitrogens with two attached hydrogens (primary N) is 2. The highest BCUT2D eigenvalue weighted by Gasteiger charge is 2.28. The summed E-state index contributed by atoms with van der Waals surface area (Å²) in [5.41, 5.74) is 8.39. The Morgan fingerprint density at radius 2 is 1.90 bits per heavy atom. The Kier molecular flexibility index (Phi) is 8.16. The van der Waals surface area contributed by atoms with E-state index in [1.807, 2.05) is 6.07 Å². The van der Waals surface area contributed by atoms with Gasteiger partial charge in [-0.05, 0) is 50.9 Å². The highest BCUT2D eigenvalue weighted by atomic mass is 32.2. The van der Waals surface area contributed by atoms with Gasteiger partial charge < -0.3 is 20.1 Å². The molecule has 4 heterocycles. The lowest BCUT2D eigenvalue weighted by molar-refractivity contribution is 0.173. The van der Waals surface area contributed by atoms with E-state index in [0.717, 1.165) is 87.9 Å². The number of piperidine rings is 1. The number of benzene rings is 1. The SMILES string of the molecule is CCCC#Cc1c(N)ncnc1N1CCC(c2nc(-c3cccc(S(N)(=O)=O)c3)cn2CCN2CCC2)CC1. The van der Waals surface area contributed by atoms with Crippen LogP contribution in [0.15, 0.2) is 41.7 Å². The van der Waals surface area contributed by atoms with E-state index < -0.39 is 10.0 Å². The first-order valence-electron chi connectivity index (χ1n) is 13.6. The molecule has 0 aliphatic carbocycles. The first-order chi connectivity index (χ1) is 18.8. The summed E-state index contributed by atoms with van der Waals surface area (Å²) in [5.74, 6) is 8.89. The van der Waals surface area contributed by atoms with Crippen molar-refractivity contribution in [1.29, 1.82) is 0 Å². The Morgan fingerprint density at radius 1 is 1.10 bits per heavy atom. The fourth-order valence-electron chi connectivity index (χ4n) is 5.14. The molecule has 206 valence electrons. The molecule has 1 aromatic carbocycles. The van der Waals surface area contributed by atoms with Crippen molar-refractivity contribution < 1.29 is 8.42 Å². The van der Waals surface area contributed by atoms with Gasteiger partial charge in [-0.1, -0.05) is 30.9 Å². The van der Waals surface area contributed by atoms with E-state index in [-0.39, 0.29) is 10.8 Å². The summed E-state index contributed by atoms with van der Waals surface area (Å²) in [6.07, 6.45) is 8.41. The van der Waals surface area contributed by atoms with Crippen molar-refractivity contribution in [3.63, 3.8) is 0 Å². The van der Waals surface area contributed by atoms with Crippen molar-refractivity contribution in [3.05, 3.63) is 48.2 Å².